The second-order valence-electron chi connectivity index (χ2n) is 3.69. The molecule has 0 radical (unpaired) electrons. The Morgan fingerprint density at radius 3 is 1.75 bits per heavy atom. The molecule has 0 saturated carbocycles. The van der Waals surface area contributed by atoms with Crippen molar-refractivity contribution in [2.75, 3.05) is 13.1 Å². The number of amides is 1. The second-order valence-corrected chi connectivity index (χ2v) is 3.69. The zero-order chi connectivity index (χ0) is 15.7. The molecule has 3 nitrogen and oxygen atoms in total. The van der Waals surface area contributed by atoms with E-state index in [1.807, 2.05) is 0 Å². The predicted octanol–water partition coefficient (Wildman–Crippen LogP) is 1.71. The first-order valence-electron chi connectivity index (χ1n) is 5.00. The lowest BCUT2D eigenvalue weighted by Crippen LogP contribution is -2.42. The molecule has 0 spiro atoms. The third kappa shape index (κ3) is 3.00. The highest BCUT2D eigenvalue weighted by Crippen LogP contribution is 2.23. The molecule has 0 aliphatic heterocycles. The van der Waals surface area contributed by atoms with E-state index in [0.717, 1.165) is 0 Å². The molecular weight excluding hydrogens is 297 g/mol. The van der Waals surface area contributed by atoms with Gasteiger partial charge in [-0.25, -0.2) is 30.7 Å². The summed E-state index contributed by atoms with van der Waals surface area (Å²) in [6.45, 7) is -2.59. The van der Waals surface area contributed by atoms with Crippen LogP contribution in [0.1, 0.15) is 10.4 Å². The van der Waals surface area contributed by atoms with Gasteiger partial charge in [0.15, 0.2) is 23.3 Å². The standard InChI is InChI=1S/C10H7F7N2O/c11-4-3(5(12)7(14)8(15)6(4)13)9(20)19-2-10(16,17)1-18/h1-2,18H2,(H,19,20). The van der Waals surface area contributed by atoms with E-state index in [1.54, 1.807) is 0 Å². The summed E-state index contributed by atoms with van der Waals surface area (Å²) in [5.41, 5.74) is 2.80. The van der Waals surface area contributed by atoms with Crippen molar-refractivity contribution >= 4 is 5.91 Å². The first kappa shape index (κ1) is 16.2. The first-order chi connectivity index (χ1) is 9.12. The van der Waals surface area contributed by atoms with E-state index in [4.69, 9.17) is 0 Å². The van der Waals surface area contributed by atoms with Crippen LogP contribution in [0, 0.1) is 29.1 Å². The summed E-state index contributed by atoms with van der Waals surface area (Å²) in [5, 5.41) is 1.34. The zero-order valence-corrected chi connectivity index (χ0v) is 9.55. The molecule has 20 heavy (non-hydrogen) atoms. The van der Waals surface area contributed by atoms with Crippen LogP contribution in [-0.2, 0) is 0 Å². The fraction of sp³-hybridized carbons (Fsp3) is 0.300. The number of hydrogen-bond acceptors (Lipinski definition) is 2. The highest BCUT2D eigenvalue weighted by atomic mass is 19.3. The summed E-state index contributed by atoms with van der Waals surface area (Å²) in [7, 11) is 0. The lowest BCUT2D eigenvalue weighted by molar-refractivity contribution is 0.0117. The molecule has 10 heteroatoms. The zero-order valence-electron chi connectivity index (χ0n) is 9.55. The van der Waals surface area contributed by atoms with Gasteiger partial charge in [-0.1, -0.05) is 0 Å². The van der Waals surface area contributed by atoms with Crippen LogP contribution in [0.15, 0.2) is 0 Å². The topological polar surface area (TPSA) is 55.1 Å². The molecule has 0 aromatic heterocycles. The number of benzene rings is 1. The highest BCUT2D eigenvalue weighted by molar-refractivity contribution is 5.94. The number of nitrogens with two attached hydrogens (primary N) is 1. The number of hydrogen-bond donors (Lipinski definition) is 2. The van der Waals surface area contributed by atoms with Crippen LogP contribution in [0.5, 0.6) is 0 Å². The quantitative estimate of drug-likeness (QED) is 0.505. The Bertz CT molecular complexity index is 518. The maximum absolute atomic E-state index is 13.2. The van der Waals surface area contributed by atoms with E-state index in [-0.39, 0.29) is 0 Å². The van der Waals surface area contributed by atoms with Crippen molar-refractivity contribution in [2.24, 2.45) is 5.73 Å². The molecule has 0 fully saturated rings. The Labute approximate surface area is 107 Å². The van der Waals surface area contributed by atoms with Gasteiger partial charge in [-0.15, -0.1) is 0 Å². The van der Waals surface area contributed by atoms with Crippen LogP contribution >= 0.6 is 0 Å². The van der Waals surface area contributed by atoms with E-state index >= 15 is 0 Å². The molecule has 0 aliphatic rings. The summed E-state index contributed by atoms with van der Waals surface area (Å²) < 4.78 is 90.0. The van der Waals surface area contributed by atoms with Crippen LogP contribution in [-0.4, -0.2) is 24.9 Å². The molecule has 1 aromatic carbocycles. The smallest absolute Gasteiger partial charge is 0.277 e. The molecule has 0 saturated heterocycles. The van der Waals surface area contributed by atoms with Crippen molar-refractivity contribution in [3.63, 3.8) is 0 Å². The maximum atomic E-state index is 13.2. The lowest BCUT2D eigenvalue weighted by atomic mass is 10.1. The van der Waals surface area contributed by atoms with E-state index < -0.39 is 59.6 Å². The van der Waals surface area contributed by atoms with Crippen molar-refractivity contribution in [2.45, 2.75) is 5.92 Å². The third-order valence-electron chi connectivity index (χ3n) is 2.24. The largest absolute Gasteiger partial charge is 0.346 e. The normalized spacial score (nSPS) is 11.6. The summed E-state index contributed by atoms with van der Waals surface area (Å²) in [6, 6.07) is 0. The van der Waals surface area contributed by atoms with Gasteiger partial charge in [-0.05, 0) is 0 Å². The SMILES string of the molecule is NCC(F)(F)CNC(=O)c1c(F)c(F)c(F)c(F)c1F. The minimum absolute atomic E-state index is 1.18. The van der Waals surface area contributed by atoms with Gasteiger partial charge in [0.25, 0.3) is 11.8 Å². The van der Waals surface area contributed by atoms with Crippen LogP contribution in [0.2, 0.25) is 0 Å². The van der Waals surface area contributed by atoms with E-state index in [9.17, 15) is 35.5 Å². The minimum atomic E-state index is -3.58. The Kier molecular flexibility index (Phi) is 4.58. The van der Waals surface area contributed by atoms with Crippen LogP contribution in [0.3, 0.4) is 0 Å². The highest BCUT2D eigenvalue weighted by Gasteiger charge is 2.32. The molecule has 0 atom stereocenters. The monoisotopic (exact) mass is 304 g/mol. The minimum Gasteiger partial charge on any atom is -0.346 e. The third-order valence-corrected chi connectivity index (χ3v) is 2.24. The van der Waals surface area contributed by atoms with Gasteiger partial charge in [-0.2, -0.15) is 0 Å². The van der Waals surface area contributed by atoms with E-state index in [1.165, 1.54) is 5.32 Å². The number of alkyl halides is 2. The number of nitrogens with one attached hydrogen (secondary N) is 1. The van der Waals surface area contributed by atoms with Crippen molar-refractivity contribution < 1.29 is 35.5 Å². The van der Waals surface area contributed by atoms with Gasteiger partial charge in [-0.3, -0.25) is 4.79 Å². The van der Waals surface area contributed by atoms with Crippen LogP contribution in [0.4, 0.5) is 30.7 Å². The van der Waals surface area contributed by atoms with Gasteiger partial charge >= 0.3 is 0 Å². The molecule has 0 bridgehead atoms. The Balaban J connectivity index is 3.12. The molecule has 112 valence electrons. The molecule has 0 unspecified atom stereocenters. The molecular formula is C10H7F7N2O. The van der Waals surface area contributed by atoms with E-state index in [2.05, 4.69) is 5.73 Å². The Morgan fingerprint density at radius 1 is 0.950 bits per heavy atom. The molecule has 0 heterocycles. The number of carbonyl (C=O) groups is 1. The van der Waals surface area contributed by atoms with E-state index in [0.29, 0.717) is 0 Å². The van der Waals surface area contributed by atoms with Crippen molar-refractivity contribution in [1.29, 1.82) is 0 Å². The van der Waals surface area contributed by atoms with Gasteiger partial charge in [0.1, 0.15) is 5.56 Å². The number of halogens is 7. The Morgan fingerprint density at radius 2 is 1.35 bits per heavy atom. The van der Waals surface area contributed by atoms with Crippen LogP contribution < -0.4 is 11.1 Å². The first-order valence-corrected chi connectivity index (χ1v) is 5.00. The fourth-order valence-electron chi connectivity index (χ4n) is 1.17. The summed E-state index contributed by atoms with van der Waals surface area (Å²) in [4.78, 5) is 11.2. The van der Waals surface area contributed by atoms with Crippen LogP contribution in [0.25, 0.3) is 0 Å². The number of carbonyl (C=O) groups excluding carboxylic acids is 1. The molecule has 1 rings (SSSR count). The molecule has 1 amide bonds. The van der Waals surface area contributed by atoms with Gasteiger partial charge in [0.05, 0.1) is 13.1 Å². The summed E-state index contributed by atoms with van der Waals surface area (Å²) in [5.74, 6) is -17.4. The molecule has 0 aliphatic carbocycles. The fourth-order valence-corrected chi connectivity index (χ4v) is 1.17. The Hall–Kier alpha value is -1.84. The van der Waals surface area contributed by atoms with Crippen molar-refractivity contribution in [3.8, 4) is 0 Å². The summed E-state index contributed by atoms with van der Waals surface area (Å²) >= 11 is 0. The van der Waals surface area contributed by atoms with Crippen molar-refractivity contribution in [3.05, 3.63) is 34.6 Å². The van der Waals surface area contributed by atoms with Gasteiger partial charge in [0, 0.05) is 0 Å². The lowest BCUT2D eigenvalue weighted by Gasteiger charge is -2.15. The average Bonchev–Trinajstić information content (AvgIpc) is 2.41. The maximum Gasteiger partial charge on any atom is 0.277 e. The second kappa shape index (κ2) is 5.65. The molecule has 3 N–H and O–H groups in total. The molecule has 1 aromatic rings. The summed E-state index contributed by atoms with van der Waals surface area (Å²) in [6.07, 6.45) is 0. The van der Waals surface area contributed by atoms with Crippen molar-refractivity contribution in [1.82, 2.24) is 5.32 Å². The number of rotatable bonds is 4. The van der Waals surface area contributed by atoms with Gasteiger partial charge in [0.2, 0.25) is 5.82 Å². The average molecular weight is 304 g/mol. The predicted molar refractivity (Wildman–Crippen MR) is 52.6 cm³/mol. The van der Waals surface area contributed by atoms with Gasteiger partial charge < -0.3 is 11.1 Å².